The topological polar surface area (TPSA) is 72.0 Å². The first-order valence-corrected chi connectivity index (χ1v) is 12.4. The molecule has 0 atom stereocenters. The lowest BCUT2D eigenvalue weighted by atomic mass is 10.0. The van der Waals surface area contributed by atoms with E-state index < -0.39 is 10.0 Å². The predicted octanol–water partition coefficient (Wildman–Crippen LogP) is 6.38. The molecule has 5 nitrogen and oxygen atoms in total. The molecule has 0 saturated carbocycles. The van der Waals surface area contributed by atoms with Crippen LogP contribution < -0.4 is 4.72 Å². The molecule has 1 N–H and O–H groups in total. The van der Waals surface area contributed by atoms with Crippen LogP contribution >= 0.6 is 0 Å². The summed E-state index contributed by atoms with van der Waals surface area (Å²) in [6.07, 6.45) is 0. The second kappa shape index (κ2) is 8.72. The Labute approximate surface area is 199 Å². The van der Waals surface area contributed by atoms with E-state index in [9.17, 15) is 8.42 Å². The van der Waals surface area contributed by atoms with Crippen LogP contribution in [-0.4, -0.2) is 18.4 Å². The average molecular weight is 466 g/mol. The number of aryl methyl sites for hydroxylation is 2. The number of benzene rings is 4. The average Bonchev–Trinajstić information content (AvgIpc) is 2.84. The van der Waals surface area contributed by atoms with Gasteiger partial charge < -0.3 is 0 Å². The van der Waals surface area contributed by atoms with Gasteiger partial charge in [0.15, 0.2) is 5.82 Å². The Morgan fingerprint density at radius 3 is 2.15 bits per heavy atom. The number of aromatic nitrogens is 2. The van der Waals surface area contributed by atoms with Gasteiger partial charge in [-0.15, -0.1) is 0 Å². The summed E-state index contributed by atoms with van der Waals surface area (Å²) < 4.78 is 29.1. The lowest BCUT2D eigenvalue weighted by Crippen LogP contribution is -2.14. The molecule has 0 radical (unpaired) electrons. The summed E-state index contributed by atoms with van der Waals surface area (Å²) in [6, 6.07) is 30.1. The number of hydrogen-bond donors (Lipinski definition) is 1. The van der Waals surface area contributed by atoms with E-state index in [0.717, 1.165) is 33.3 Å². The van der Waals surface area contributed by atoms with Crippen molar-refractivity contribution in [3.63, 3.8) is 0 Å². The van der Waals surface area contributed by atoms with Crippen LogP contribution in [0.4, 0.5) is 5.69 Å². The zero-order valence-corrected chi connectivity index (χ0v) is 19.7. The maximum absolute atomic E-state index is 13.2. The van der Waals surface area contributed by atoms with Gasteiger partial charge in [-0.3, -0.25) is 4.72 Å². The lowest BCUT2D eigenvalue weighted by molar-refractivity contribution is 0.601. The second-order valence-corrected chi connectivity index (χ2v) is 9.93. The quantitative estimate of drug-likeness (QED) is 0.327. The van der Waals surface area contributed by atoms with Crippen molar-refractivity contribution in [1.29, 1.82) is 0 Å². The van der Waals surface area contributed by atoms with Crippen molar-refractivity contribution >= 4 is 26.6 Å². The van der Waals surface area contributed by atoms with Gasteiger partial charge in [0.1, 0.15) is 0 Å². The highest BCUT2D eigenvalue weighted by Crippen LogP contribution is 2.33. The number of sulfonamides is 1. The molecule has 6 heteroatoms. The Kier molecular flexibility index (Phi) is 5.59. The summed E-state index contributed by atoms with van der Waals surface area (Å²) in [5.41, 5.74) is 5.53. The molecule has 168 valence electrons. The van der Waals surface area contributed by atoms with E-state index in [1.807, 2.05) is 86.6 Å². The van der Waals surface area contributed by atoms with Crippen LogP contribution in [0.5, 0.6) is 0 Å². The third kappa shape index (κ3) is 4.28. The van der Waals surface area contributed by atoms with Crippen molar-refractivity contribution in [3.8, 4) is 22.6 Å². The first-order valence-electron chi connectivity index (χ1n) is 10.9. The van der Waals surface area contributed by atoms with Crippen molar-refractivity contribution in [2.45, 2.75) is 18.7 Å². The number of anilines is 1. The highest BCUT2D eigenvalue weighted by molar-refractivity contribution is 7.92. The molecular formula is C28H23N3O2S. The Balaban J connectivity index is 1.67. The predicted molar refractivity (Wildman–Crippen MR) is 137 cm³/mol. The van der Waals surface area contributed by atoms with Crippen molar-refractivity contribution in [1.82, 2.24) is 9.97 Å². The summed E-state index contributed by atoms with van der Waals surface area (Å²) >= 11 is 0. The Morgan fingerprint density at radius 1 is 0.706 bits per heavy atom. The Bertz CT molecular complexity index is 1600. The van der Waals surface area contributed by atoms with Crippen LogP contribution in [0.25, 0.3) is 33.5 Å². The number of rotatable bonds is 5. The van der Waals surface area contributed by atoms with Crippen LogP contribution in [0.15, 0.2) is 102 Å². The van der Waals surface area contributed by atoms with E-state index in [4.69, 9.17) is 9.97 Å². The fourth-order valence-electron chi connectivity index (χ4n) is 3.87. The molecule has 0 fully saturated rings. The Hall–Kier alpha value is -4.03. The maximum atomic E-state index is 13.2. The van der Waals surface area contributed by atoms with Crippen molar-refractivity contribution in [2.75, 3.05) is 4.72 Å². The number of nitrogens with one attached hydrogen (secondary N) is 1. The molecule has 5 aromatic rings. The molecule has 0 aliphatic carbocycles. The second-order valence-electron chi connectivity index (χ2n) is 8.25. The molecule has 1 aromatic heterocycles. The van der Waals surface area contributed by atoms with Gasteiger partial charge in [0.2, 0.25) is 0 Å². The summed E-state index contributed by atoms with van der Waals surface area (Å²) in [5.74, 6) is 0.458. The minimum Gasteiger partial charge on any atom is -0.279 e. The highest BCUT2D eigenvalue weighted by Gasteiger charge is 2.19. The standard InChI is InChI=1S/C28H23N3O2S/c1-19-12-15-22(16-13-19)34(32,33)31-26-18-20(2)14-17-24(26)28-29-25-11-7-6-10-23(25)27(30-28)21-8-4-3-5-9-21/h3-18,31H,1-2H3. The van der Waals surface area contributed by atoms with Crippen LogP contribution in [0.2, 0.25) is 0 Å². The van der Waals surface area contributed by atoms with Crippen molar-refractivity contribution in [2.24, 2.45) is 0 Å². The third-order valence-electron chi connectivity index (χ3n) is 5.64. The summed E-state index contributed by atoms with van der Waals surface area (Å²) in [7, 11) is -3.79. The maximum Gasteiger partial charge on any atom is 0.261 e. The van der Waals surface area contributed by atoms with Gasteiger partial charge in [-0.1, -0.05) is 72.3 Å². The number of nitrogens with zero attached hydrogens (tertiary/aromatic N) is 2. The molecule has 0 aliphatic heterocycles. The monoisotopic (exact) mass is 465 g/mol. The van der Waals surface area contributed by atoms with Crippen LogP contribution in [-0.2, 0) is 10.0 Å². The molecule has 0 amide bonds. The summed E-state index contributed by atoms with van der Waals surface area (Å²) in [5, 5.41) is 0.936. The van der Waals surface area contributed by atoms with Crippen molar-refractivity contribution < 1.29 is 8.42 Å². The first kappa shape index (κ1) is 21.8. The number of fused-ring (bicyclic) bond motifs is 1. The zero-order chi connectivity index (χ0) is 23.7. The van der Waals surface area contributed by atoms with Crippen LogP contribution in [0, 0.1) is 13.8 Å². The van der Waals surface area contributed by atoms with Gasteiger partial charge in [0.25, 0.3) is 10.0 Å². The van der Waals surface area contributed by atoms with E-state index in [-0.39, 0.29) is 4.90 Å². The number of para-hydroxylation sites is 1. The molecule has 4 aromatic carbocycles. The number of hydrogen-bond acceptors (Lipinski definition) is 4. The molecule has 0 spiro atoms. The normalized spacial score (nSPS) is 11.5. The Morgan fingerprint density at radius 2 is 1.38 bits per heavy atom. The van der Waals surface area contributed by atoms with Crippen LogP contribution in [0.3, 0.4) is 0 Å². The molecular weight excluding hydrogens is 442 g/mol. The lowest BCUT2D eigenvalue weighted by Gasteiger charge is -2.15. The van der Waals surface area contributed by atoms with Gasteiger partial charge in [-0.2, -0.15) is 0 Å². The molecule has 5 rings (SSSR count). The third-order valence-corrected chi connectivity index (χ3v) is 7.02. The van der Waals surface area contributed by atoms with Gasteiger partial charge in [0.05, 0.1) is 21.8 Å². The zero-order valence-electron chi connectivity index (χ0n) is 18.9. The molecule has 34 heavy (non-hydrogen) atoms. The molecule has 0 aliphatic rings. The minimum atomic E-state index is -3.79. The highest BCUT2D eigenvalue weighted by atomic mass is 32.2. The van der Waals surface area contributed by atoms with E-state index >= 15 is 0 Å². The fraction of sp³-hybridized carbons (Fsp3) is 0.0714. The molecule has 0 unspecified atom stereocenters. The van der Waals surface area contributed by atoms with E-state index in [1.54, 1.807) is 24.3 Å². The van der Waals surface area contributed by atoms with Gasteiger partial charge in [-0.25, -0.2) is 18.4 Å². The van der Waals surface area contributed by atoms with Crippen LogP contribution in [0.1, 0.15) is 11.1 Å². The van der Waals surface area contributed by atoms with Gasteiger partial charge in [0, 0.05) is 16.5 Å². The smallest absolute Gasteiger partial charge is 0.261 e. The fourth-order valence-corrected chi connectivity index (χ4v) is 4.94. The molecule has 0 bridgehead atoms. The largest absolute Gasteiger partial charge is 0.279 e. The van der Waals surface area contributed by atoms with E-state index in [1.165, 1.54) is 0 Å². The van der Waals surface area contributed by atoms with Crippen molar-refractivity contribution in [3.05, 3.63) is 108 Å². The molecule has 0 saturated heterocycles. The first-order chi connectivity index (χ1) is 16.4. The SMILES string of the molecule is Cc1ccc(S(=O)(=O)Nc2cc(C)ccc2-c2nc(-c3ccccc3)c3ccccc3n2)cc1. The van der Waals surface area contributed by atoms with Gasteiger partial charge >= 0.3 is 0 Å². The summed E-state index contributed by atoms with van der Waals surface area (Å²) in [4.78, 5) is 9.89. The van der Waals surface area contributed by atoms with Gasteiger partial charge in [-0.05, 0) is 49.7 Å². The molecule has 1 heterocycles. The minimum absolute atomic E-state index is 0.204. The van der Waals surface area contributed by atoms with E-state index in [0.29, 0.717) is 17.1 Å². The van der Waals surface area contributed by atoms with E-state index in [2.05, 4.69) is 4.72 Å². The summed E-state index contributed by atoms with van der Waals surface area (Å²) in [6.45, 7) is 3.84.